The van der Waals surface area contributed by atoms with Gasteiger partial charge in [0.2, 0.25) is 0 Å². The molecule has 20 heavy (non-hydrogen) atoms. The molecule has 3 N–H and O–H groups in total. The minimum absolute atomic E-state index is 0.0477. The number of phenolic OH excluding ortho intramolecular Hbond substituents is 1. The summed E-state index contributed by atoms with van der Waals surface area (Å²) in [5, 5.41) is 9.47. The molecule has 0 heterocycles. The van der Waals surface area contributed by atoms with Crippen LogP contribution < -0.4 is 10.6 Å². The Bertz CT molecular complexity index is 644. The van der Waals surface area contributed by atoms with Gasteiger partial charge in [0.05, 0.1) is 5.56 Å². The molecule has 0 unspecified atom stereocenters. The molecule has 4 nitrogen and oxygen atoms in total. The van der Waals surface area contributed by atoms with Crippen LogP contribution in [0.15, 0.2) is 42.5 Å². The van der Waals surface area contributed by atoms with Crippen LogP contribution in [-0.4, -0.2) is 17.6 Å². The second-order valence-electron chi connectivity index (χ2n) is 4.31. The van der Waals surface area contributed by atoms with E-state index in [0.717, 1.165) is 6.07 Å². The van der Waals surface area contributed by atoms with Crippen molar-refractivity contribution in [3.8, 4) is 5.75 Å². The third kappa shape index (κ3) is 2.71. The molecular formula is C15H15FN2O2. The fourth-order valence-electron chi connectivity index (χ4n) is 1.95. The van der Waals surface area contributed by atoms with E-state index in [1.807, 2.05) is 0 Å². The van der Waals surface area contributed by atoms with Crippen LogP contribution in [0.2, 0.25) is 0 Å². The Kier molecular flexibility index (Phi) is 3.89. The van der Waals surface area contributed by atoms with Crippen LogP contribution in [0.4, 0.5) is 15.8 Å². The van der Waals surface area contributed by atoms with Crippen LogP contribution in [-0.2, 0) is 0 Å². The van der Waals surface area contributed by atoms with Crippen molar-refractivity contribution in [1.29, 1.82) is 0 Å². The maximum atomic E-state index is 13.8. The molecule has 0 bridgehead atoms. The molecule has 0 fully saturated rings. The van der Waals surface area contributed by atoms with Gasteiger partial charge < -0.3 is 15.7 Å². The number of anilines is 2. The van der Waals surface area contributed by atoms with Crippen molar-refractivity contribution in [2.45, 2.75) is 6.92 Å². The third-order valence-electron chi connectivity index (χ3n) is 2.93. The van der Waals surface area contributed by atoms with E-state index < -0.39 is 11.7 Å². The van der Waals surface area contributed by atoms with E-state index in [1.54, 1.807) is 19.1 Å². The highest BCUT2D eigenvalue weighted by molar-refractivity contribution is 6.06. The van der Waals surface area contributed by atoms with Crippen LogP contribution in [0.1, 0.15) is 17.3 Å². The first kappa shape index (κ1) is 13.9. The monoisotopic (exact) mass is 274 g/mol. The number of benzene rings is 2. The molecular weight excluding hydrogens is 259 g/mol. The van der Waals surface area contributed by atoms with E-state index in [4.69, 9.17) is 5.73 Å². The van der Waals surface area contributed by atoms with Gasteiger partial charge in [0.25, 0.3) is 5.91 Å². The van der Waals surface area contributed by atoms with Crippen LogP contribution in [0.25, 0.3) is 0 Å². The zero-order valence-electron chi connectivity index (χ0n) is 11.0. The number of amides is 1. The molecule has 5 heteroatoms. The fourth-order valence-corrected chi connectivity index (χ4v) is 1.95. The minimum Gasteiger partial charge on any atom is -0.508 e. The van der Waals surface area contributed by atoms with Crippen LogP contribution >= 0.6 is 0 Å². The van der Waals surface area contributed by atoms with Gasteiger partial charge in [0.1, 0.15) is 11.6 Å². The third-order valence-corrected chi connectivity index (χ3v) is 2.93. The summed E-state index contributed by atoms with van der Waals surface area (Å²) in [6.45, 7) is 2.13. The standard InChI is InChI=1S/C15H15FN2O2/c1-2-18(11-4-3-5-12(19)9-11)15(20)13-7-6-10(17)8-14(13)16/h3-9,19H,2,17H2,1H3. The molecule has 0 aromatic heterocycles. The number of halogens is 1. The normalized spacial score (nSPS) is 10.3. The second kappa shape index (κ2) is 5.61. The summed E-state index contributed by atoms with van der Waals surface area (Å²) in [5.74, 6) is -1.09. The minimum atomic E-state index is -0.659. The molecule has 1 amide bonds. The van der Waals surface area contributed by atoms with Gasteiger partial charge in [0, 0.05) is 24.0 Å². The van der Waals surface area contributed by atoms with Crippen LogP contribution in [0, 0.1) is 5.82 Å². The predicted octanol–water partition coefficient (Wildman–Crippen LogP) is 2.78. The lowest BCUT2D eigenvalue weighted by Crippen LogP contribution is -2.31. The van der Waals surface area contributed by atoms with Crippen molar-refractivity contribution < 1.29 is 14.3 Å². The van der Waals surface area contributed by atoms with Gasteiger partial charge in [0.15, 0.2) is 0 Å². The fraction of sp³-hybridized carbons (Fsp3) is 0.133. The van der Waals surface area contributed by atoms with Gasteiger partial charge in [-0.05, 0) is 37.3 Å². The zero-order valence-corrected chi connectivity index (χ0v) is 11.0. The summed E-state index contributed by atoms with van der Waals surface area (Å²) in [7, 11) is 0. The van der Waals surface area contributed by atoms with Crippen molar-refractivity contribution in [1.82, 2.24) is 0 Å². The number of nitrogen functional groups attached to an aromatic ring is 1. The van der Waals surface area contributed by atoms with Crippen LogP contribution in [0.3, 0.4) is 0 Å². The second-order valence-corrected chi connectivity index (χ2v) is 4.31. The number of carbonyl (C=O) groups excluding carboxylic acids is 1. The van der Waals surface area contributed by atoms with Crippen molar-refractivity contribution >= 4 is 17.3 Å². The van der Waals surface area contributed by atoms with Crippen molar-refractivity contribution in [3.63, 3.8) is 0 Å². The number of carbonyl (C=O) groups is 1. The summed E-state index contributed by atoms with van der Waals surface area (Å²) < 4.78 is 13.8. The highest BCUT2D eigenvalue weighted by Crippen LogP contribution is 2.23. The number of nitrogens with two attached hydrogens (primary N) is 1. The van der Waals surface area contributed by atoms with Crippen molar-refractivity contribution in [2.75, 3.05) is 17.2 Å². The van der Waals surface area contributed by atoms with E-state index in [9.17, 15) is 14.3 Å². The lowest BCUT2D eigenvalue weighted by molar-refractivity contribution is 0.0984. The molecule has 2 rings (SSSR count). The SMILES string of the molecule is CCN(C(=O)c1ccc(N)cc1F)c1cccc(O)c1. The highest BCUT2D eigenvalue weighted by Gasteiger charge is 2.19. The summed E-state index contributed by atoms with van der Waals surface area (Å²) in [6, 6.07) is 10.2. The van der Waals surface area contributed by atoms with Gasteiger partial charge in [-0.15, -0.1) is 0 Å². The van der Waals surface area contributed by atoms with E-state index in [-0.39, 0.29) is 17.0 Å². The predicted molar refractivity (Wildman–Crippen MR) is 76.3 cm³/mol. The topological polar surface area (TPSA) is 66.6 Å². The lowest BCUT2D eigenvalue weighted by atomic mass is 10.1. The van der Waals surface area contributed by atoms with Gasteiger partial charge >= 0.3 is 0 Å². The molecule has 104 valence electrons. The van der Waals surface area contributed by atoms with E-state index in [1.165, 1.54) is 29.2 Å². The van der Waals surface area contributed by atoms with E-state index >= 15 is 0 Å². The largest absolute Gasteiger partial charge is 0.508 e. The Hall–Kier alpha value is -2.56. The van der Waals surface area contributed by atoms with Gasteiger partial charge in [-0.1, -0.05) is 6.07 Å². The molecule has 0 aliphatic rings. The molecule has 0 spiro atoms. The first-order valence-electron chi connectivity index (χ1n) is 6.19. The Morgan fingerprint density at radius 3 is 2.65 bits per heavy atom. The Labute approximate surface area is 116 Å². The molecule has 0 radical (unpaired) electrons. The highest BCUT2D eigenvalue weighted by atomic mass is 19.1. The maximum absolute atomic E-state index is 13.8. The van der Waals surface area contributed by atoms with Crippen molar-refractivity contribution in [3.05, 3.63) is 53.8 Å². The molecule has 0 aliphatic heterocycles. The number of hydrogen-bond acceptors (Lipinski definition) is 3. The Morgan fingerprint density at radius 2 is 2.05 bits per heavy atom. The average Bonchev–Trinajstić information content (AvgIpc) is 2.39. The van der Waals surface area contributed by atoms with E-state index in [2.05, 4.69) is 0 Å². The Morgan fingerprint density at radius 1 is 1.30 bits per heavy atom. The number of hydrogen-bond donors (Lipinski definition) is 2. The van der Waals surface area contributed by atoms with Crippen LogP contribution in [0.5, 0.6) is 5.75 Å². The zero-order chi connectivity index (χ0) is 14.7. The number of phenols is 1. The molecule has 2 aromatic rings. The molecule has 0 saturated carbocycles. The summed E-state index contributed by atoms with van der Waals surface area (Å²) in [6.07, 6.45) is 0. The average molecular weight is 274 g/mol. The lowest BCUT2D eigenvalue weighted by Gasteiger charge is -2.21. The van der Waals surface area contributed by atoms with E-state index in [0.29, 0.717) is 12.2 Å². The summed E-state index contributed by atoms with van der Waals surface area (Å²) in [5.41, 5.74) is 6.19. The first-order chi connectivity index (χ1) is 9.52. The molecule has 2 aromatic carbocycles. The van der Waals surface area contributed by atoms with Gasteiger partial charge in [-0.3, -0.25) is 4.79 Å². The number of aromatic hydroxyl groups is 1. The summed E-state index contributed by atoms with van der Waals surface area (Å²) in [4.78, 5) is 13.8. The number of nitrogens with zero attached hydrogens (tertiary/aromatic N) is 1. The van der Waals surface area contributed by atoms with Gasteiger partial charge in [-0.25, -0.2) is 4.39 Å². The smallest absolute Gasteiger partial charge is 0.261 e. The number of rotatable bonds is 3. The quantitative estimate of drug-likeness (QED) is 0.846. The molecule has 0 aliphatic carbocycles. The molecule has 0 saturated heterocycles. The maximum Gasteiger partial charge on any atom is 0.261 e. The van der Waals surface area contributed by atoms with Crippen molar-refractivity contribution in [2.24, 2.45) is 0 Å². The summed E-state index contributed by atoms with van der Waals surface area (Å²) >= 11 is 0. The Balaban J connectivity index is 2.39. The van der Waals surface area contributed by atoms with Gasteiger partial charge in [-0.2, -0.15) is 0 Å². The molecule has 0 atom stereocenters. The first-order valence-corrected chi connectivity index (χ1v) is 6.19.